The number of imidazole rings is 1. The van der Waals surface area contributed by atoms with Crippen LogP contribution < -0.4 is 4.74 Å². The van der Waals surface area contributed by atoms with Crippen LogP contribution in [0.3, 0.4) is 0 Å². The number of hydrogen-bond donors (Lipinski definition) is 1. The maximum Gasteiger partial charge on any atom is 0.417 e. The third-order valence-corrected chi connectivity index (χ3v) is 6.19. The number of hydrogen-bond acceptors (Lipinski definition) is 5. The van der Waals surface area contributed by atoms with Gasteiger partial charge in [-0.1, -0.05) is 23.8 Å². The molecule has 2 aromatic heterocycles. The van der Waals surface area contributed by atoms with Gasteiger partial charge in [0.05, 0.1) is 47.2 Å². The summed E-state index contributed by atoms with van der Waals surface area (Å²) < 4.78 is 60.4. The van der Waals surface area contributed by atoms with E-state index in [2.05, 4.69) is 26.7 Å². The number of fused-ring (bicyclic) bond motifs is 1. The molecule has 0 bridgehead atoms. The molecule has 1 saturated heterocycles. The van der Waals surface area contributed by atoms with Gasteiger partial charge in [0.15, 0.2) is 11.6 Å². The molecular weight excluding hydrogens is 504 g/mol. The lowest BCUT2D eigenvalue weighted by Crippen LogP contribution is -2.33. The summed E-state index contributed by atoms with van der Waals surface area (Å²) in [6.45, 7) is 4.03. The molecule has 0 radical (unpaired) electrons. The van der Waals surface area contributed by atoms with Gasteiger partial charge in [0.1, 0.15) is 17.1 Å². The standard InChI is InChI=1S/C23H17ClF4N6O2/c1-11-7-17(21-31-14-8-12(23(26,27)28)13(24)9-15(14)32-21)33(10-11)22(35)19-16(34-29-5-6-30-34)3-4-18(36-2)20(19)25/h3-6,8-9,17H,1,7,10H2,2H3,(H,31,32). The highest BCUT2D eigenvalue weighted by molar-refractivity contribution is 6.32. The molecule has 8 nitrogen and oxygen atoms in total. The van der Waals surface area contributed by atoms with Crippen LogP contribution in [0.15, 0.2) is 48.8 Å². The maximum atomic E-state index is 15.4. The maximum absolute atomic E-state index is 15.4. The van der Waals surface area contributed by atoms with Gasteiger partial charge in [-0.05, 0) is 30.7 Å². The van der Waals surface area contributed by atoms with E-state index in [4.69, 9.17) is 16.3 Å². The predicted octanol–water partition coefficient (Wildman–Crippen LogP) is 5.11. The zero-order valence-electron chi connectivity index (χ0n) is 18.6. The summed E-state index contributed by atoms with van der Waals surface area (Å²) in [6, 6.07) is 4.05. The average molecular weight is 521 g/mol. The minimum atomic E-state index is -4.65. The van der Waals surface area contributed by atoms with Crippen molar-refractivity contribution in [1.82, 2.24) is 29.9 Å². The van der Waals surface area contributed by atoms with Crippen molar-refractivity contribution in [1.29, 1.82) is 0 Å². The molecule has 1 atom stereocenters. The molecule has 0 saturated carbocycles. The van der Waals surface area contributed by atoms with Crippen molar-refractivity contribution in [2.75, 3.05) is 13.7 Å². The number of carbonyl (C=O) groups excluding carboxylic acids is 1. The van der Waals surface area contributed by atoms with Gasteiger partial charge >= 0.3 is 6.18 Å². The number of nitrogens with one attached hydrogen (secondary N) is 1. The number of aromatic nitrogens is 5. The lowest BCUT2D eigenvalue weighted by molar-refractivity contribution is -0.137. The molecule has 186 valence electrons. The number of alkyl halides is 3. The molecule has 1 N–H and O–H groups in total. The molecule has 13 heteroatoms. The first-order valence-corrected chi connectivity index (χ1v) is 10.9. The van der Waals surface area contributed by atoms with Crippen molar-refractivity contribution in [3.8, 4) is 11.4 Å². The number of methoxy groups -OCH3 is 1. The largest absolute Gasteiger partial charge is 0.494 e. The lowest BCUT2D eigenvalue weighted by atomic mass is 10.1. The van der Waals surface area contributed by atoms with Crippen LogP contribution >= 0.6 is 11.6 Å². The van der Waals surface area contributed by atoms with E-state index in [1.807, 2.05) is 0 Å². The van der Waals surface area contributed by atoms with Crippen LogP contribution in [0.2, 0.25) is 5.02 Å². The van der Waals surface area contributed by atoms with Gasteiger partial charge in [-0.2, -0.15) is 28.2 Å². The lowest BCUT2D eigenvalue weighted by Gasteiger charge is -2.24. The summed E-state index contributed by atoms with van der Waals surface area (Å²) in [5.41, 5.74) is -0.299. The molecular formula is C23H17ClF4N6O2. The number of carbonyl (C=O) groups is 1. The Labute approximate surface area is 206 Å². The number of H-pyrrole nitrogens is 1. The van der Waals surface area contributed by atoms with Crippen molar-refractivity contribution in [3.63, 3.8) is 0 Å². The summed E-state index contributed by atoms with van der Waals surface area (Å²) in [6.07, 6.45) is -1.62. The van der Waals surface area contributed by atoms with Crippen LogP contribution in [-0.4, -0.2) is 49.4 Å². The number of aromatic amines is 1. The third kappa shape index (κ3) is 3.96. The van der Waals surface area contributed by atoms with Gasteiger partial charge in [-0.15, -0.1) is 0 Å². The first-order chi connectivity index (χ1) is 17.1. The Morgan fingerprint density at radius 2 is 1.97 bits per heavy atom. The quantitative estimate of drug-likeness (QED) is 0.298. The summed E-state index contributed by atoms with van der Waals surface area (Å²) in [5, 5.41) is 7.50. The number of halogens is 5. The van der Waals surface area contributed by atoms with E-state index in [-0.39, 0.29) is 46.8 Å². The Hall–Kier alpha value is -3.93. The minimum absolute atomic E-state index is 0.0811. The second-order valence-corrected chi connectivity index (χ2v) is 8.57. The molecule has 36 heavy (non-hydrogen) atoms. The topological polar surface area (TPSA) is 88.9 Å². The number of nitrogens with zero attached hydrogens (tertiary/aromatic N) is 5. The highest BCUT2D eigenvalue weighted by Crippen LogP contribution is 2.40. The number of amides is 1. The van der Waals surface area contributed by atoms with Crippen molar-refractivity contribution >= 4 is 28.5 Å². The first kappa shape index (κ1) is 23.8. The molecule has 4 aromatic rings. The molecule has 1 fully saturated rings. The van der Waals surface area contributed by atoms with Crippen molar-refractivity contribution in [2.24, 2.45) is 0 Å². The van der Waals surface area contributed by atoms with E-state index < -0.39 is 34.5 Å². The fourth-order valence-electron chi connectivity index (χ4n) is 4.24. The molecule has 1 aliphatic rings. The molecule has 1 unspecified atom stereocenters. The number of benzene rings is 2. The summed E-state index contributed by atoms with van der Waals surface area (Å²) >= 11 is 5.83. The Morgan fingerprint density at radius 1 is 1.25 bits per heavy atom. The van der Waals surface area contributed by atoms with Gasteiger partial charge in [-0.3, -0.25) is 4.79 Å². The second-order valence-electron chi connectivity index (χ2n) is 8.17. The van der Waals surface area contributed by atoms with E-state index >= 15 is 4.39 Å². The molecule has 0 spiro atoms. The summed E-state index contributed by atoms with van der Waals surface area (Å²) in [5.74, 6) is -1.55. The Balaban J connectivity index is 1.59. The van der Waals surface area contributed by atoms with E-state index in [9.17, 15) is 18.0 Å². The summed E-state index contributed by atoms with van der Waals surface area (Å²) in [7, 11) is 1.27. The first-order valence-electron chi connectivity index (χ1n) is 10.6. The smallest absolute Gasteiger partial charge is 0.417 e. The van der Waals surface area contributed by atoms with Crippen molar-refractivity contribution < 1.29 is 27.1 Å². The van der Waals surface area contributed by atoms with E-state index in [1.165, 1.54) is 36.5 Å². The molecule has 1 amide bonds. The highest BCUT2D eigenvalue weighted by atomic mass is 35.5. The van der Waals surface area contributed by atoms with E-state index in [0.717, 1.165) is 16.9 Å². The average Bonchev–Trinajstić information content (AvgIpc) is 3.56. The van der Waals surface area contributed by atoms with Gasteiger partial charge < -0.3 is 14.6 Å². The third-order valence-electron chi connectivity index (χ3n) is 5.88. The summed E-state index contributed by atoms with van der Waals surface area (Å²) in [4.78, 5) is 23.4. The Kier molecular flexibility index (Phi) is 5.70. The van der Waals surface area contributed by atoms with Gasteiger partial charge in [0, 0.05) is 6.54 Å². The second kappa shape index (κ2) is 8.63. The zero-order valence-corrected chi connectivity index (χ0v) is 19.4. The van der Waals surface area contributed by atoms with Crippen LogP contribution in [0.1, 0.15) is 34.2 Å². The van der Waals surface area contributed by atoms with E-state index in [0.29, 0.717) is 5.57 Å². The Bertz CT molecular complexity index is 1500. The zero-order chi connectivity index (χ0) is 25.8. The normalized spacial score (nSPS) is 16.2. The molecule has 3 heterocycles. The predicted molar refractivity (Wildman–Crippen MR) is 122 cm³/mol. The van der Waals surface area contributed by atoms with Crippen LogP contribution in [0.4, 0.5) is 17.6 Å². The molecule has 2 aromatic carbocycles. The number of rotatable bonds is 4. The van der Waals surface area contributed by atoms with Crippen LogP contribution in [0.25, 0.3) is 16.7 Å². The molecule has 1 aliphatic heterocycles. The SMILES string of the molecule is C=C1CC(c2nc3cc(Cl)c(C(F)(F)F)cc3[nH]2)N(C(=O)c2c(-n3nccn3)ccc(OC)c2F)C1. The number of likely N-dealkylation sites (tertiary alicyclic amines) is 1. The van der Waals surface area contributed by atoms with Crippen molar-refractivity contribution in [3.05, 3.63) is 76.6 Å². The van der Waals surface area contributed by atoms with Crippen LogP contribution in [-0.2, 0) is 6.18 Å². The van der Waals surface area contributed by atoms with Gasteiger partial charge in [0.2, 0.25) is 0 Å². The minimum Gasteiger partial charge on any atom is -0.494 e. The van der Waals surface area contributed by atoms with E-state index in [1.54, 1.807) is 0 Å². The van der Waals surface area contributed by atoms with Gasteiger partial charge in [-0.25, -0.2) is 9.37 Å². The van der Waals surface area contributed by atoms with Crippen molar-refractivity contribution in [2.45, 2.75) is 18.6 Å². The highest BCUT2D eigenvalue weighted by Gasteiger charge is 2.38. The molecule has 5 rings (SSSR count). The molecule has 0 aliphatic carbocycles. The fraction of sp³-hybridized carbons (Fsp3) is 0.217. The van der Waals surface area contributed by atoms with Crippen LogP contribution in [0, 0.1) is 5.82 Å². The van der Waals surface area contributed by atoms with Crippen LogP contribution in [0.5, 0.6) is 5.75 Å². The fourth-order valence-corrected chi connectivity index (χ4v) is 4.51. The monoisotopic (exact) mass is 520 g/mol. The number of ether oxygens (including phenoxy) is 1. The Morgan fingerprint density at radius 3 is 2.64 bits per heavy atom. The van der Waals surface area contributed by atoms with Gasteiger partial charge in [0.25, 0.3) is 5.91 Å².